The molecule has 11 heteroatoms. The number of carbonyl (C=O) groups is 1. The number of anilines is 1. The van der Waals surface area contributed by atoms with Gasteiger partial charge in [0.25, 0.3) is 0 Å². The fourth-order valence-corrected chi connectivity index (χ4v) is 4.45. The van der Waals surface area contributed by atoms with Gasteiger partial charge in [-0.1, -0.05) is 12.5 Å². The van der Waals surface area contributed by atoms with E-state index in [0.29, 0.717) is 37.0 Å². The molecule has 0 aliphatic carbocycles. The predicted octanol–water partition coefficient (Wildman–Crippen LogP) is 2.73. The van der Waals surface area contributed by atoms with Gasteiger partial charge in [-0.25, -0.2) is 13.8 Å². The summed E-state index contributed by atoms with van der Waals surface area (Å²) in [6, 6.07) is 0.959. The van der Waals surface area contributed by atoms with E-state index in [1.54, 1.807) is 15.8 Å². The average molecular weight is 511 g/mol. The molecule has 1 aromatic carbocycles. The standard InChI is InChI=1S/C26H28F2N6O3/c1-6-21(35)33-10-9-16(14-33)34-25-15(13-32(2)3)12-30-26(29)22(25)18(31-34)8-7-17-23(27)19(36-4)11-20(37-5)24(17)28/h6,11-12,16H,1,9-10,13-14H2,2-5H3,(H2,29,30). The van der Waals surface area contributed by atoms with Crippen LogP contribution in [-0.4, -0.2) is 71.9 Å². The molecular formula is C26H28F2N6O3. The average Bonchev–Trinajstić information content (AvgIpc) is 3.51. The summed E-state index contributed by atoms with van der Waals surface area (Å²) in [5.74, 6) is 3.07. The minimum Gasteiger partial charge on any atom is -0.493 e. The number of hydrogen-bond acceptors (Lipinski definition) is 7. The zero-order valence-electron chi connectivity index (χ0n) is 21.1. The molecule has 0 bridgehead atoms. The highest BCUT2D eigenvalue weighted by Crippen LogP contribution is 2.33. The molecule has 1 fully saturated rings. The molecule has 194 valence electrons. The highest BCUT2D eigenvalue weighted by Gasteiger charge is 2.30. The van der Waals surface area contributed by atoms with E-state index in [2.05, 4.69) is 23.4 Å². The molecule has 1 unspecified atom stereocenters. The van der Waals surface area contributed by atoms with Gasteiger partial charge in [-0.15, -0.1) is 0 Å². The second-order valence-electron chi connectivity index (χ2n) is 8.89. The van der Waals surface area contributed by atoms with Crippen LogP contribution in [0.3, 0.4) is 0 Å². The van der Waals surface area contributed by atoms with Crippen LogP contribution < -0.4 is 15.2 Å². The number of pyridine rings is 1. The van der Waals surface area contributed by atoms with Gasteiger partial charge in [-0.2, -0.15) is 5.10 Å². The highest BCUT2D eigenvalue weighted by molar-refractivity contribution is 5.95. The van der Waals surface area contributed by atoms with Gasteiger partial charge in [0.05, 0.1) is 31.2 Å². The molecule has 0 spiro atoms. The van der Waals surface area contributed by atoms with Gasteiger partial charge in [0, 0.05) is 37.5 Å². The van der Waals surface area contributed by atoms with Gasteiger partial charge in [-0.3, -0.25) is 9.48 Å². The third-order valence-corrected chi connectivity index (χ3v) is 6.19. The number of nitrogens with two attached hydrogens (primary N) is 1. The van der Waals surface area contributed by atoms with Crippen LogP contribution in [-0.2, 0) is 11.3 Å². The smallest absolute Gasteiger partial charge is 0.246 e. The first-order valence-corrected chi connectivity index (χ1v) is 11.5. The maximum absolute atomic E-state index is 14.9. The monoisotopic (exact) mass is 510 g/mol. The number of rotatable bonds is 6. The number of benzene rings is 1. The number of nitrogen functional groups attached to an aromatic ring is 1. The van der Waals surface area contributed by atoms with Crippen LogP contribution in [0.5, 0.6) is 11.5 Å². The summed E-state index contributed by atoms with van der Waals surface area (Å²) in [5, 5.41) is 5.20. The van der Waals surface area contributed by atoms with Crippen molar-refractivity contribution in [3.8, 4) is 23.3 Å². The maximum Gasteiger partial charge on any atom is 0.246 e. The zero-order chi connectivity index (χ0) is 26.9. The fraction of sp³-hybridized carbons (Fsp3) is 0.346. The summed E-state index contributed by atoms with van der Waals surface area (Å²) in [6.07, 6.45) is 3.62. The summed E-state index contributed by atoms with van der Waals surface area (Å²) in [5.41, 5.74) is 7.54. The molecule has 1 aliphatic heterocycles. The van der Waals surface area contributed by atoms with Gasteiger partial charge in [-0.05, 0) is 32.5 Å². The second kappa shape index (κ2) is 10.4. The molecule has 2 aromatic heterocycles. The van der Waals surface area contributed by atoms with Crippen LogP contribution in [0.4, 0.5) is 14.6 Å². The Kier molecular flexibility index (Phi) is 7.31. The first-order valence-electron chi connectivity index (χ1n) is 11.5. The number of nitrogens with zero attached hydrogens (tertiary/aromatic N) is 5. The molecule has 4 rings (SSSR count). The van der Waals surface area contributed by atoms with Crippen molar-refractivity contribution in [2.45, 2.75) is 19.0 Å². The van der Waals surface area contributed by atoms with Crippen molar-refractivity contribution >= 4 is 22.6 Å². The lowest BCUT2D eigenvalue weighted by Crippen LogP contribution is -2.27. The van der Waals surface area contributed by atoms with E-state index in [4.69, 9.17) is 20.3 Å². The van der Waals surface area contributed by atoms with Crippen LogP contribution in [0.25, 0.3) is 10.9 Å². The molecule has 37 heavy (non-hydrogen) atoms. The predicted molar refractivity (Wildman–Crippen MR) is 135 cm³/mol. The lowest BCUT2D eigenvalue weighted by molar-refractivity contribution is -0.125. The highest BCUT2D eigenvalue weighted by atomic mass is 19.1. The normalized spacial score (nSPS) is 15.1. The van der Waals surface area contributed by atoms with Gasteiger partial charge in [0.1, 0.15) is 17.1 Å². The molecule has 1 atom stereocenters. The molecule has 2 N–H and O–H groups in total. The third-order valence-electron chi connectivity index (χ3n) is 6.19. The van der Waals surface area contributed by atoms with Gasteiger partial charge in [0.2, 0.25) is 5.91 Å². The summed E-state index contributed by atoms with van der Waals surface area (Å²) < 4.78 is 41.6. The largest absolute Gasteiger partial charge is 0.493 e. The molecule has 1 aliphatic rings. The Morgan fingerprint density at radius 3 is 2.54 bits per heavy atom. The van der Waals surface area contributed by atoms with Gasteiger partial charge < -0.3 is 25.0 Å². The topological polar surface area (TPSA) is 98.7 Å². The molecule has 1 amide bonds. The summed E-state index contributed by atoms with van der Waals surface area (Å²) in [7, 11) is 6.38. The first-order chi connectivity index (χ1) is 17.7. The number of likely N-dealkylation sites (tertiary alicyclic amines) is 1. The quantitative estimate of drug-likeness (QED) is 0.402. The SMILES string of the molecule is C=CC(=O)N1CCC(n2nc(C#Cc3c(F)c(OC)cc(OC)c3F)c3c(N)ncc(CN(C)C)c32)C1. The van der Waals surface area contributed by atoms with Crippen LogP contribution in [0.1, 0.15) is 29.3 Å². The van der Waals surface area contributed by atoms with Gasteiger partial charge in [0.15, 0.2) is 23.1 Å². The van der Waals surface area contributed by atoms with E-state index < -0.39 is 17.2 Å². The van der Waals surface area contributed by atoms with Crippen molar-refractivity contribution in [3.63, 3.8) is 0 Å². The Balaban J connectivity index is 1.91. The minimum atomic E-state index is -0.953. The molecule has 9 nitrogen and oxygen atoms in total. The van der Waals surface area contributed by atoms with Crippen LogP contribution in [0, 0.1) is 23.5 Å². The van der Waals surface area contributed by atoms with E-state index in [1.807, 2.05) is 19.0 Å². The third kappa shape index (κ3) is 4.80. The van der Waals surface area contributed by atoms with Crippen LogP contribution in [0.2, 0.25) is 0 Å². The maximum atomic E-state index is 14.9. The van der Waals surface area contributed by atoms with Crippen molar-refractivity contribution in [2.75, 3.05) is 47.1 Å². The zero-order valence-corrected chi connectivity index (χ0v) is 21.1. The molecule has 0 radical (unpaired) electrons. The van der Waals surface area contributed by atoms with E-state index in [0.717, 1.165) is 11.6 Å². The lowest BCUT2D eigenvalue weighted by Gasteiger charge is -2.17. The van der Waals surface area contributed by atoms with E-state index in [-0.39, 0.29) is 35.0 Å². The summed E-state index contributed by atoms with van der Waals surface area (Å²) >= 11 is 0. The number of methoxy groups -OCH3 is 2. The summed E-state index contributed by atoms with van der Waals surface area (Å²) in [4.78, 5) is 20.2. The van der Waals surface area contributed by atoms with Crippen molar-refractivity contribution < 1.29 is 23.0 Å². The van der Waals surface area contributed by atoms with Crippen LogP contribution in [0.15, 0.2) is 24.9 Å². The Morgan fingerprint density at radius 1 is 1.27 bits per heavy atom. The van der Waals surface area contributed by atoms with E-state index in [9.17, 15) is 13.6 Å². The van der Waals surface area contributed by atoms with E-state index in [1.165, 1.54) is 20.3 Å². The lowest BCUT2D eigenvalue weighted by atomic mass is 10.1. The van der Waals surface area contributed by atoms with E-state index >= 15 is 0 Å². The number of amides is 1. The number of carbonyl (C=O) groups excluding carboxylic acids is 1. The number of ether oxygens (including phenoxy) is 2. The summed E-state index contributed by atoms with van der Waals surface area (Å²) in [6.45, 7) is 5.08. The molecule has 1 saturated heterocycles. The van der Waals surface area contributed by atoms with Crippen molar-refractivity contribution in [1.82, 2.24) is 24.6 Å². The molecule has 0 saturated carbocycles. The number of hydrogen-bond donors (Lipinski definition) is 1. The number of halogens is 2. The van der Waals surface area contributed by atoms with Crippen molar-refractivity contribution in [3.05, 3.63) is 53.4 Å². The van der Waals surface area contributed by atoms with Crippen molar-refractivity contribution in [1.29, 1.82) is 0 Å². The fourth-order valence-electron chi connectivity index (χ4n) is 4.45. The molecule has 3 aromatic rings. The van der Waals surface area contributed by atoms with Gasteiger partial charge >= 0.3 is 0 Å². The van der Waals surface area contributed by atoms with Crippen LogP contribution >= 0.6 is 0 Å². The Labute approximate surface area is 213 Å². The Bertz CT molecular complexity index is 1410. The van der Waals surface area contributed by atoms with Crippen molar-refractivity contribution in [2.24, 2.45) is 0 Å². The Morgan fingerprint density at radius 2 is 1.95 bits per heavy atom. The molecular weight excluding hydrogens is 482 g/mol. The number of aromatic nitrogens is 3. The first kappa shape index (κ1) is 25.9. The minimum absolute atomic E-state index is 0.157. The molecule has 3 heterocycles. The number of fused-ring (bicyclic) bond motifs is 1. The Hall–Kier alpha value is -4.17. The second-order valence-corrected chi connectivity index (χ2v) is 8.89.